The minimum Gasteiger partial charge on any atom is -0.370 e. The van der Waals surface area contributed by atoms with Crippen molar-refractivity contribution in [3.8, 4) is 0 Å². The van der Waals surface area contributed by atoms with E-state index in [1.54, 1.807) is 10.9 Å². The number of amides is 1. The third-order valence-electron chi connectivity index (χ3n) is 2.65. The Kier molecular flexibility index (Phi) is 3.55. The highest BCUT2D eigenvalue weighted by Gasteiger charge is 2.14. The molecular weight excluding hydrogens is 214 g/mol. The van der Waals surface area contributed by atoms with Gasteiger partial charge in [-0.15, -0.1) is 0 Å². The minimum absolute atomic E-state index is 0.00935. The van der Waals surface area contributed by atoms with Crippen molar-refractivity contribution >= 4 is 5.91 Å². The third-order valence-corrected chi connectivity index (χ3v) is 2.65. The molecule has 2 aromatic rings. The third kappa shape index (κ3) is 3.17. The number of hydrogen-bond donors (Lipinski definition) is 1. The monoisotopic (exact) mass is 229 g/mol. The number of primary amides is 1. The lowest BCUT2D eigenvalue weighted by molar-refractivity contribution is -0.118. The molecule has 88 valence electrons. The Labute approximate surface area is 100 Å². The number of aromatic nitrogens is 2. The van der Waals surface area contributed by atoms with Crippen LogP contribution in [-0.2, 0) is 11.2 Å². The lowest BCUT2D eigenvalue weighted by Gasteiger charge is -2.16. The minimum atomic E-state index is -0.304. The first-order valence-corrected chi connectivity index (χ1v) is 5.57. The van der Waals surface area contributed by atoms with Crippen molar-refractivity contribution in [2.45, 2.75) is 18.9 Å². The van der Waals surface area contributed by atoms with E-state index in [2.05, 4.69) is 5.10 Å². The summed E-state index contributed by atoms with van der Waals surface area (Å²) in [6.07, 6.45) is 4.62. The first kappa shape index (κ1) is 11.4. The van der Waals surface area contributed by atoms with Crippen LogP contribution in [0, 0.1) is 0 Å². The summed E-state index contributed by atoms with van der Waals surface area (Å²) in [5, 5.41) is 4.17. The summed E-state index contributed by atoms with van der Waals surface area (Å²) in [4.78, 5) is 11.1. The number of carbonyl (C=O) groups is 1. The number of carbonyl (C=O) groups excluding carboxylic acids is 1. The molecule has 4 heteroatoms. The molecule has 2 N–H and O–H groups in total. The van der Waals surface area contributed by atoms with E-state index >= 15 is 0 Å². The Morgan fingerprint density at radius 3 is 2.65 bits per heavy atom. The van der Waals surface area contributed by atoms with E-state index in [4.69, 9.17) is 5.73 Å². The molecule has 0 bridgehead atoms. The van der Waals surface area contributed by atoms with Crippen LogP contribution >= 0.6 is 0 Å². The van der Waals surface area contributed by atoms with Crippen molar-refractivity contribution in [2.24, 2.45) is 5.73 Å². The molecule has 0 spiro atoms. The molecule has 17 heavy (non-hydrogen) atoms. The fourth-order valence-electron chi connectivity index (χ4n) is 1.87. The van der Waals surface area contributed by atoms with Crippen LogP contribution in [0.5, 0.6) is 0 Å². The van der Waals surface area contributed by atoms with Gasteiger partial charge in [0.05, 0.1) is 6.04 Å². The van der Waals surface area contributed by atoms with Crippen LogP contribution in [0.15, 0.2) is 48.8 Å². The summed E-state index contributed by atoms with van der Waals surface area (Å²) in [6, 6.07) is 11.9. The van der Waals surface area contributed by atoms with Crippen LogP contribution in [0.1, 0.15) is 18.0 Å². The van der Waals surface area contributed by atoms with Crippen molar-refractivity contribution in [2.75, 3.05) is 0 Å². The van der Waals surface area contributed by atoms with Crippen molar-refractivity contribution in [3.63, 3.8) is 0 Å². The molecule has 1 aromatic carbocycles. The van der Waals surface area contributed by atoms with E-state index < -0.39 is 0 Å². The molecule has 0 aliphatic rings. The van der Waals surface area contributed by atoms with Gasteiger partial charge in [0.25, 0.3) is 0 Å². The molecule has 1 amide bonds. The molecule has 4 nitrogen and oxygen atoms in total. The Balaban J connectivity index is 2.14. The van der Waals surface area contributed by atoms with E-state index in [1.165, 1.54) is 5.56 Å². The van der Waals surface area contributed by atoms with Crippen molar-refractivity contribution < 1.29 is 4.79 Å². The largest absolute Gasteiger partial charge is 0.370 e. The fourth-order valence-corrected chi connectivity index (χ4v) is 1.87. The molecule has 0 aliphatic carbocycles. The Morgan fingerprint density at radius 2 is 2.06 bits per heavy atom. The zero-order chi connectivity index (χ0) is 12.1. The second kappa shape index (κ2) is 5.30. The van der Waals surface area contributed by atoms with E-state index in [9.17, 15) is 4.79 Å². The normalized spacial score (nSPS) is 12.2. The molecule has 1 heterocycles. The van der Waals surface area contributed by atoms with Crippen LogP contribution in [0.25, 0.3) is 0 Å². The number of hydrogen-bond acceptors (Lipinski definition) is 2. The zero-order valence-electron chi connectivity index (χ0n) is 9.49. The summed E-state index contributed by atoms with van der Waals surface area (Å²) in [5.41, 5.74) is 6.45. The highest BCUT2D eigenvalue weighted by molar-refractivity contribution is 5.74. The van der Waals surface area contributed by atoms with Gasteiger partial charge in [0.1, 0.15) is 0 Å². The van der Waals surface area contributed by atoms with E-state index in [1.807, 2.05) is 42.6 Å². The quantitative estimate of drug-likeness (QED) is 0.845. The predicted molar refractivity (Wildman–Crippen MR) is 65.2 cm³/mol. The topological polar surface area (TPSA) is 60.9 Å². The predicted octanol–water partition coefficient (Wildman–Crippen LogP) is 1.54. The van der Waals surface area contributed by atoms with Crippen LogP contribution in [-0.4, -0.2) is 15.7 Å². The first-order chi connectivity index (χ1) is 8.25. The van der Waals surface area contributed by atoms with Crippen molar-refractivity contribution in [1.29, 1.82) is 0 Å². The molecule has 1 unspecified atom stereocenters. The lowest BCUT2D eigenvalue weighted by Crippen LogP contribution is -2.21. The Bertz CT molecular complexity index is 465. The van der Waals surface area contributed by atoms with Gasteiger partial charge in [-0.25, -0.2) is 0 Å². The van der Waals surface area contributed by atoms with Gasteiger partial charge in [-0.1, -0.05) is 30.3 Å². The Hall–Kier alpha value is -2.10. The average molecular weight is 229 g/mol. The maximum absolute atomic E-state index is 11.1. The molecular formula is C13H15N3O. The molecule has 0 radical (unpaired) electrons. The van der Waals surface area contributed by atoms with Gasteiger partial charge in [-0.2, -0.15) is 5.10 Å². The van der Waals surface area contributed by atoms with Crippen molar-refractivity contribution in [1.82, 2.24) is 9.78 Å². The summed E-state index contributed by atoms with van der Waals surface area (Å²) in [7, 11) is 0. The molecule has 0 aliphatic heterocycles. The van der Waals surface area contributed by atoms with Gasteiger partial charge in [0, 0.05) is 18.8 Å². The van der Waals surface area contributed by atoms with Gasteiger partial charge in [0.15, 0.2) is 0 Å². The zero-order valence-corrected chi connectivity index (χ0v) is 9.49. The molecule has 1 atom stereocenters. The van der Waals surface area contributed by atoms with Crippen LogP contribution in [0.2, 0.25) is 0 Å². The van der Waals surface area contributed by atoms with E-state index in [-0.39, 0.29) is 11.9 Å². The molecule has 0 saturated carbocycles. The van der Waals surface area contributed by atoms with Crippen LogP contribution in [0.4, 0.5) is 0 Å². The number of nitrogens with zero attached hydrogens (tertiary/aromatic N) is 2. The number of benzene rings is 1. The van der Waals surface area contributed by atoms with E-state index in [0.29, 0.717) is 6.42 Å². The second-order valence-electron chi connectivity index (χ2n) is 4.00. The highest BCUT2D eigenvalue weighted by atomic mass is 16.1. The first-order valence-electron chi connectivity index (χ1n) is 5.57. The summed E-state index contributed by atoms with van der Waals surface area (Å²) in [5.74, 6) is -0.304. The highest BCUT2D eigenvalue weighted by Crippen LogP contribution is 2.16. The van der Waals surface area contributed by atoms with Gasteiger partial charge >= 0.3 is 0 Å². The summed E-state index contributed by atoms with van der Waals surface area (Å²) in [6.45, 7) is 0. The number of nitrogens with two attached hydrogens (primary N) is 1. The molecule has 1 aromatic heterocycles. The summed E-state index contributed by atoms with van der Waals surface area (Å²) >= 11 is 0. The van der Waals surface area contributed by atoms with Gasteiger partial charge in [-0.05, 0) is 18.1 Å². The van der Waals surface area contributed by atoms with Gasteiger partial charge in [-0.3, -0.25) is 9.48 Å². The number of rotatable bonds is 5. The van der Waals surface area contributed by atoms with Crippen LogP contribution < -0.4 is 5.73 Å². The smallest absolute Gasteiger partial charge is 0.219 e. The van der Waals surface area contributed by atoms with Crippen molar-refractivity contribution in [3.05, 3.63) is 54.4 Å². The van der Waals surface area contributed by atoms with Gasteiger partial charge in [0.2, 0.25) is 5.91 Å². The maximum Gasteiger partial charge on any atom is 0.219 e. The van der Waals surface area contributed by atoms with Gasteiger partial charge < -0.3 is 5.73 Å². The van der Waals surface area contributed by atoms with E-state index in [0.717, 1.165) is 6.42 Å². The second-order valence-corrected chi connectivity index (χ2v) is 4.00. The SMILES string of the molecule is NC(=O)CC(Cc1ccccc1)n1cccn1. The lowest BCUT2D eigenvalue weighted by atomic mass is 10.0. The molecule has 0 fully saturated rings. The standard InChI is InChI=1S/C13H15N3O/c14-13(17)10-12(16-8-4-7-15-16)9-11-5-2-1-3-6-11/h1-8,12H,9-10H2,(H2,14,17). The fraction of sp³-hybridized carbons (Fsp3) is 0.231. The average Bonchev–Trinajstić information content (AvgIpc) is 2.82. The maximum atomic E-state index is 11.1. The Morgan fingerprint density at radius 1 is 1.29 bits per heavy atom. The molecule has 2 rings (SSSR count). The summed E-state index contributed by atoms with van der Waals surface area (Å²) < 4.78 is 1.79. The molecule has 0 saturated heterocycles. The van der Waals surface area contributed by atoms with Crippen LogP contribution in [0.3, 0.4) is 0 Å².